The topological polar surface area (TPSA) is 85.9 Å². The van der Waals surface area contributed by atoms with Crippen LogP contribution in [0.2, 0.25) is 0 Å². The molecule has 142 valence electrons. The molecule has 1 atom stereocenters. The minimum absolute atomic E-state index is 0.00726. The number of hydrogen-bond acceptors (Lipinski definition) is 5. The fraction of sp³-hybridized carbons (Fsp3) is 0.300. The van der Waals surface area contributed by atoms with E-state index < -0.39 is 0 Å². The van der Waals surface area contributed by atoms with Crippen molar-refractivity contribution in [3.63, 3.8) is 0 Å². The van der Waals surface area contributed by atoms with Gasteiger partial charge < -0.3 is 24.8 Å². The molecule has 1 aliphatic heterocycles. The second-order valence-electron chi connectivity index (χ2n) is 6.34. The second-order valence-corrected chi connectivity index (χ2v) is 6.34. The summed E-state index contributed by atoms with van der Waals surface area (Å²) in [6.45, 7) is 3.52. The van der Waals surface area contributed by atoms with Crippen LogP contribution in [-0.4, -0.2) is 24.8 Å². The molecule has 0 saturated carbocycles. The van der Waals surface area contributed by atoms with Crippen molar-refractivity contribution in [2.45, 2.75) is 32.7 Å². The van der Waals surface area contributed by atoms with Crippen molar-refractivity contribution in [2.24, 2.45) is 0 Å². The zero-order valence-corrected chi connectivity index (χ0v) is 15.3. The van der Waals surface area contributed by atoms with Crippen molar-refractivity contribution in [2.75, 3.05) is 12.1 Å². The average Bonchev–Trinajstić information content (AvgIpc) is 3.08. The Hall–Kier alpha value is -3.22. The first kappa shape index (κ1) is 18.6. The highest BCUT2D eigenvalue weighted by Crippen LogP contribution is 2.34. The molecule has 2 aromatic rings. The van der Waals surface area contributed by atoms with Gasteiger partial charge in [-0.25, -0.2) is 4.79 Å². The van der Waals surface area contributed by atoms with Crippen molar-refractivity contribution in [1.82, 2.24) is 5.32 Å². The third-order valence-electron chi connectivity index (χ3n) is 4.06. The van der Waals surface area contributed by atoms with E-state index in [1.165, 1.54) is 6.92 Å². The van der Waals surface area contributed by atoms with Crippen LogP contribution in [0.4, 0.5) is 10.5 Å². The number of anilines is 1. The van der Waals surface area contributed by atoms with E-state index in [0.29, 0.717) is 22.9 Å². The van der Waals surface area contributed by atoms with Crippen LogP contribution in [0.15, 0.2) is 42.5 Å². The number of carbonyl (C=O) groups excluding carboxylic acids is 2. The summed E-state index contributed by atoms with van der Waals surface area (Å²) in [6.07, 6.45) is 1.58. The maximum absolute atomic E-state index is 12.1. The van der Waals surface area contributed by atoms with Gasteiger partial charge in [0.15, 0.2) is 11.5 Å². The zero-order valence-electron chi connectivity index (χ0n) is 15.3. The van der Waals surface area contributed by atoms with Crippen molar-refractivity contribution in [3.8, 4) is 17.2 Å². The Bertz CT molecular complexity index is 820. The summed E-state index contributed by atoms with van der Waals surface area (Å²) in [5.41, 5.74) is 1.75. The van der Waals surface area contributed by atoms with E-state index in [0.717, 1.165) is 18.4 Å². The number of rotatable bonds is 6. The van der Waals surface area contributed by atoms with Gasteiger partial charge in [0.25, 0.3) is 0 Å². The Balaban J connectivity index is 1.44. The van der Waals surface area contributed by atoms with E-state index in [1.807, 2.05) is 19.1 Å². The highest BCUT2D eigenvalue weighted by Gasteiger charge is 2.14. The molecule has 0 aromatic heterocycles. The van der Waals surface area contributed by atoms with Crippen molar-refractivity contribution in [1.29, 1.82) is 0 Å². The number of carbonyl (C=O) groups is 2. The number of ether oxygens (including phenoxy) is 3. The Kier molecular flexibility index (Phi) is 5.80. The summed E-state index contributed by atoms with van der Waals surface area (Å²) < 4.78 is 15.6. The molecule has 0 spiro atoms. The van der Waals surface area contributed by atoms with Gasteiger partial charge >= 0.3 is 12.0 Å². The smallest absolute Gasteiger partial charge is 0.319 e. The van der Waals surface area contributed by atoms with Crippen LogP contribution >= 0.6 is 0 Å². The normalized spacial score (nSPS) is 13.0. The lowest BCUT2D eigenvalue weighted by molar-refractivity contribution is -0.131. The lowest BCUT2D eigenvalue weighted by Crippen LogP contribution is -2.36. The lowest BCUT2D eigenvalue weighted by Gasteiger charge is -2.15. The van der Waals surface area contributed by atoms with Gasteiger partial charge in [-0.3, -0.25) is 4.79 Å². The first-order chi connectivity index (χ1) is 13.0. The lowest BCUT2D eigenvalue weighted by atomic mass is 10.1. The van der Waals surface area contributed by atoms with Gasteiger partial charge in [-0.2, -0.15) is 0 Å². The van der Waals surface area contributed by atoms with Crippen molar-refractivity contribution < 1.29 is 23.8 Å². The molecule has 7 nitrogen and oxygen atoms in total. The molecule has 1 unspecified atom stereocenters. The van der Waals surface area contributed by atoms with Gasteiger partial charge in [0.2, 0.25) is 6.79 Å². The molecule has 7 heteroatoms. The standard InChI is InChI=1S/C20H22N2O5/c1-13(3-4-15-5-8-17(9-6-15)27-14(2)23)21-20(24)22-16-7-10-18-19(11-16)26-12-25-18/h5-11,13H,3-4,12H2,1-2H3,(H2,21,22,24). The third-order valence-corrected chi connectivity index (χ3v) is 4.06. The molecule has 0 saturated heterocycles. The summed E-state index contributed by atoms with van der Waals surface area (Å²) in [4.78, 5) is 23.1. The first-order valence-corrected chi connectivity index (χ1v) is 8.74. The molecule has 2 aromatic carbocycles. The number of benzene rings is 2. The van der Waals surface area contributed by atoms with E-state index in [4.69, 9.17) is 14.2 Å². The minimum Gasteiger partial charge on any atom is -0.454 e. The molecule has 0 bridgehead atoms. The SMILES string of the molecule is CC(=O)Oc1ccc(CCC(C)NC(=O)Nc2ccc3c(c2)OCO3)cc1. The fourth-order valence-electron chi connectivity index (χ4n) is 2.71. The van der Waals surface area contributed by atoms with Gasteiger partial charge in [0.1, 0.15) is 5.75 Å². The van der Waals surface area contributed by atoms with Gasteiger partial charge in [0.05, 0.1) is 0 Å². The van der Waals surface area contributed by atoms with E-state index in [2.05, 4.69) is 10.6 Å². The van der Waals surface area contributed by atoms with Crippen LogP contribution in [0.3, 0.4) is 0 Å². The van der Waals surface area contributed by atoms with Crippen LogP contribution in [0.25, 0.3) is 0 Å². The first-order valence-electron chi connectivity index (χ1n) is 8.74. The van der Waals surface area contributed by atoms with Crippen LogP contribution in [0, 0.1) is 0 Å². The quantitative estimate of drug-likeness (QED) is 0.601. The molecule has 3 rings (SSSR count). The molecule has 0 aliphatic carbocycles. The van der Waals surface area contributed by atoms with Gasteiger partial charge in [-0.1, -0.05) is 12.1 Å². The van der Waals surface area contributed by atoms with Gasteiger partial charge in [-0.05, 0) is 49.6 Å². The maximum atomic E-state index is 12.1. The van der Waals surface area contributed by atoms with Crippen LogP contribution in [0.5, 0.6) is 17.2 Å². The summed E-state index contributed by atoms with van der Waals surface area (Å²) in [6, 6.07) is 12.3. The predicted octanol–water partition coefficient (Wildman–Crippen LogP) is 3.48. The maximum Gasteiger partial charge on any atom is 0.319 e. The Morgan fingerprint density at radius 1 is 1.11 bits per heavy atom. The molecule has 27 heavy (non-hydrogen) atoms. The summed E-state index contributed by atoms with van der Waals surface area (Å²) >= 11 is 0. The van der Waals surface area contributed by atoms with Crippen LogP contribution in [-0.2, 0) is 11.2 Å². The molecule has 0 radical (unpaired) electrons. The zero-order chi connectivity index (χ0) is 19.2. The molecular formula is C20H22N2O5. The molecule has 1 heterocycles. The van der Waals surface area contributed by atoms with Crippen molar-refractivity contribution in [3.05, 3.63) is 48.0 Å². The molecule has 1 aliphatic rings. The second kappa shape index (κ2) is 8.44. The summed E-state index contributed by atoms with van der Waals surface area (Å²) in [7, 11) is 0. The number of amides is 2. The van der Waals surface area contributed by atoms with Gasteiger partial charge in [0, 0.05) is 24.7 Å². The molecule has 2 N–H and O–H groups in total. The number of fused-ring (bicyclic) bond motifs is 1. The van der Waals surface area contributed by atoms with E-state index in [1.54, 1.807) is 30.3 Å². The monoisotopic (exact) mass is 370 g/mol. The average molecular weight is 370 g/mol. The Morgan fingerprint density at radius 2 is 1.85 bits per heavy atom. The largest absolute Gasteiger partial charge is 0.454 e. The highest BCUT2D eigenvalue weighted by atomic mass is 16.7. The predicted molar refractivity (Wildman–Crippen MR) is 100 cm³/mol. The minimum atomic E-state index is -0.339. The third kappa shape index (κ3) is 5.37. The fourth-order valence-corrected chi connectivity index (χ4v) is 2.71. The van der Waals surface area contributed by atoms with E-state index in [-0.39, 0.29) is 24.8 Å². The Labute approximate surface area is 157 Å². The highest BCUT2D eigenvalue weighted by molar-refractivity contribution is 5.89. The van der Waals surface area contributed by atoms with E-state index >= 15 is 0 Å². The molecular weight excluding hydrogens is 348 g/mol. The Morgan fingerprint density at radius 3 is 2.59 bits per heavy atom. The van der Waals surface area contributed by atoms with Gasteiger partial charge in [-0.15, -0.1) is 0 Å². The number of esters is 1. The molecule has 2 amide bonds. The summed E-state index contributed by atoms with van der Waals surface area (Å²) in [5, 5.41) is 5.70. The summed E-state index contributed by atoms with van der Waals surface area (Å²) in [5.74, 6) is 1.49. The van der Waals surface area contributed by atoms with Crippen molar-refractivity contribution >= 4 is 17.7 Å². The number of aryl methyl sites for hydroxylation is 1. The van der Waals surface area contributed by atoms with Crippen LogP contribution < -0.4 is 24.8 Å². The van der Waals surface area contributed by atoms with E-state index in [9.17, 15) is 9.59 Å². The van der Waals surface area contributed by atoms with Crippen LogP contribution in [0.1, 0.15) is 25.8 Å². The number of nitrogens with one attached hydrogen (secondary N) is 2. The molecule has 0 fully saturated rings. The number of urea groups is 1. The number of hydrogen-bond donors (Lipinski definition) is 2.